The molecule has 0 spiro atoms. The molecule has 5 heteroatoms. The number of aromatic nitrogens is 2. The lowest BCUT2D eigenvalue weighted by Gasteiger charge is -2.10. The minimum Gasteiger partial charge on any atom is -0.292 e. The minimum absolute atomic E-state index is 0.102. The molecule has 0 aliphatic heterocycles. The molecule has 5 rings (SSSR count). The number of hydrogen-bond donors (Lipinski definition) is 0. The van der Waals surface area contributed by atoms with Crippen molar-refractivity contribution in [2.75, 3.05) is 0 Å². The zero-order valence-electron chi connectivity index (χ0n) is 16.9. The van der Waals surface area contributed by atoms with Crippen LogP contribution in [0.4, 0.5) is 4.39 Å². The van der Waals surface area contributed by atoms with Crippen LogP contribution in [0.25, 0.3) is 32.5 Å². The molecule has 5 aromatic rings. The maximum absolute atomic E-state index is 13.6. The molecule has 2 aromatic heterocycles. The molecule has 0 radical (unpaired) electrons. The van der Waals surface area contributed by atoms with E-state index in [-0.39, 0.29) is 17.9 Å². The Bertz CT molecular complexity index is 1440. The Morgan fingerprint density at radius 1 is 0.903 bits per heavy atom. The van der Waals surface area contributed by atoms with Crippen molar-refractivity contribution < 1.29 is 4.39 Å². The van der Waals surface area contributed by atoms with Crippen molar-refractivity contribution in [3.05, 3.63) is 112 Å². The van der Waals surface area contributed by atoms with Crippen molar-refractivity contribution in [1.82, 2.24) is 9.55 Å². The van der Waals surface area contributed by atoms with E-state index < -0.39 is 0 Å². The number of aryl methyl sites for hydroxylation is 1. The highest BCUT2D eigenvalue weighted by Crippen LogP contribution is 2.32. The van der Waals surface area contributed by atoms with Crippen LogP contribution in [0.5, 0.6) is 0 Å². The predicted molar refractivity (Wildman–Crippen MR) is 125 cm³/mol. The van der Waals surface area contributed by atoms with E-state index >= 15 is 0 Å². The largest absolute Gasteiger partial charge is 0.292 e. The predicted octanol–water partition coefficient (Wildman–Crippen LogP) is 6.29. The fourth-order valence-corrected chi connectivity index (χ4v) is 4.80. The Morgan fingerprint density at radius 2 is 1.61 bits per heavy atom. The van der Waals surface area contributed by atoms with Gasteiger partial charge in [0, 0.05) is 10.9 Å². The van der Waals surface area contributed by atoms with Gasteiger partial charge in [-0.15, -0.1) is 11.3 Å². The number of hydrogen-bond acceptors (Lipinski definition) is 3. The number of benzene rings is 3. The highest BCUT2D eigenvalue weighted by molar-refractivity contribution is 7.17. The van der Waals surface area contributed by atoms with Gasteiger partial charge in [-0.25, -0.2) is 9.37 Å². The lowest BCUT2D eigenvalue weighted by atomic mass is 10.0. The van der Waals surface area contributed by atoms with E-state index in [1.165, 1.54) is 23.5 Å². The molecule has 152 valence electrons. The highest BCUT2D eigenvalue weighted by Gasteiger charge is 2.16. The molecule has 0 saturated carbocycles. The maximum atomic E-state index is 13.6. The first-order valence-corrected chi connectivity index (χ1v) is 10.9. The third-order valence-corrected chi connectivity index (χ3v) is 6.29. The fourth-order valence-electron chi connectivity index (χ4n) is 3.82. The van der Waals surface area contributed by atoms with Crippen LogP contribution in [0.1, 0.15) is 11.4 Å². The number of thiophene rings is 1. The second-order valence-corrected chi connectivity index (χ2v) is 8.31. The van der Waals surface area contributed by atoms with Gasteiger partial charge in [0.05, 0.1) is 11.9 Å². The lowest BCUT2D eigenvalue weighted by Crippen LogP contribution is -2.24. The Balaban J connectivity index is 1.58. The van der Waals surface area contributed by atoms with E-state index in [2.05, 4.69) is 29.2 Å². The van der Waals surface area contributed by atoms with Crippen LogP contribution in [-0.2, 0) is 6.54 Å². The topological polar surface area (TPSA) is 34.9 Å². The molecule has 0 amide bonds. The monoisotopic (exact) mass is 426 g/mol. The van der Waals surface area contributed by atoms with Gasteiger partial charge >= 0.3 is 0 Å². The SMILES string of the molecule is Cc1nc2scc(-c3ccc(-c4ccccc4)cc3)c2c(=O)n1Cc1cccc(F)c1. The fraction of sp³-hybridized carbons (Fsp3) is 0.0769. The quantitative estimate of drug-likeness (QED) is 0.339. The average Bonchev–Trinajstić information content (AvgIpc) is 3.21. The molecular weight excluding hydrogens is 407 g/mol. The highest BCUT2D eigenvalue weighted by atomic mass is 32.1. The summed E-state index contributed by atoms with van der Waals surface area (Å²) in [5.74, 6) is 0.307. The van der Waals surface area contributed by atoms with Gasteiger partial charge in [0.15, 0.2) is 0 Å². The van der Waals surface area contributed by atoms with Gasteiger partial charge in [0.2, 0.25) is 0 Å². The van der Waals surface area contributed by atoms with Crippen LogP contribution < -0.4 is 5.56 Å². The number of halogens is 1. The van der Waals surface area contributed by atoms with Crippen molar-refractivity contribution >= 4 is 21.6 Å². The minimum atomic E-state index is -0.313. The molecule has 0 saturated heterocycles. The molecule has 3 nitrogen and oxygen atoms in total. The van der Waals surface area contributed by atoms with E-state index in [1.54, 1.807) is 10.6 Å². The zero-order chi connectivity index (χ0) is 21.4. The summed E-state index contributed by atoms with van der Waals surface area (Å²) in [6.45, 7) is 2.10. The van der Waals surface area contributed by atoms with Gasteiger partial charge in [-0.05, 0) is 41.3 Å². The average molecular weight is 427 g/mol. The summed E-state index contributed by atoms with van der Waals surface area (Å²) < 4.78 is 15.2. The van der Waals surface area contributed by atoms with E-state index in [4.69, 9.17) is 0 Å². The van der Waals surface area contributed by atoms with Crippen molar-refractivity contribution in [2.45, 2.75) is 13.5 Å². The van der Waals surface area contributed by atoms with Crippen molar-refractivity contribution in [3.8, 4) is 22.3 Å². The summed E-state index contributed by atoms with van der Waals surface area (Å²) in [4.78, 5) is 18.8. The van der Waals surface area contributed by atoms with Gasteiger partial charge in [0.25, 0.3) is 5.56 Å². The van der Waals surface area contributed by atoms with E-state index in [1.807, 2.05) is 48.7 Å². The summed E-state index contributed by atoms with van der Waals surface area (Å²) in [6, 6.07) is 24.7. The Morgan fingerprint density at radius 3 is 2.35 bits per heavy atom. The molecule has 0 atom stereocenters. The molecule has 0 N–H and O–H groups in total. The standard InChI is InChI=1S/C26H19FN2OS/c1-17-28-25-24(26(30)29(17)15-18-6-5-9-22(27)14-18)23(16-31-25)21-12-10-20(11-13-21)19-7-3-2-4-8-19/h2-14,16H,15H2,1H3. The van der Waals surface area contributed by atoms with Crippen LogP contribution in [0.15, 0.2) is 89.0 Å². The van der Waals surface area contributed by atoms with Crippen molar-refractivity contribution in [3.63, 3.8) is 0 Å². The zero-order valence-corrected chi connectivity index (χ0v) is 17.7. The summed E-state index contributed by atoms with van der Waals surface area (Å²) >= 11 is 1.47. The van der Waals surface area contributed by atoms with Gasteiger partial charge in [-0.1, -0.05) is 66.7 Å². The van der Waals surface area contributed by atoms with Crippen molar-refractivity contribution in [1.29, 1.82) is 0 Å². The third-order valence-electron chi connectivity index (χ3n) is 5.42. The maximum Gasteiger partial charge on any atom is 0.263 e. The molecular formula is C26H19FN2OS. The summed E-state index contributed by atoms with van der Waals surface area (Å²) in [5.41, 5.74) is 4.77. The van der Waals surface area contributed by atoms with Crippen molar-refractivity contribution in [2.24, 2.45) is 0 Å². The summed E-state index contributed by atoms with van der Waals surface area (Å²) in [5, 5.41) is 2.60. The third kappa shape index (κ3) is 3.68. The smallest absolute Gasteiger partial charge is 0.263 e. The number of fused-ring (bicyclic) bond motifs is 1. The Hall–Kier alpha value is -3.57. The first kappa shape index (κ1) is 19.4. The molecule has 2 heterocycles. The molecule has 0 bridgehead atoms. The Kier molecular flexibility index (Phi) is 4.96. The van der Waals surface area contributed by atoms with Crippen LogP contribution in [0.2, 0.25) is 0 Å². The Labute approximate surface area is 183 Å². The molecule has 0 fully saturated rings. The van der Waals surface area contributed by atoms with E-state index in [0.717, 1.165) is 32.6 Å². The number of rotatable bonds is 4. The molecule has 31 heavy (non-hydrogen) atoms. The van der Waals surface area contributed by atoms with Gasteiger partial charge in [-0.3, -0.25) is 9.36 Å². The molecule has 0 aliphatic carbocycles. The second kappa shape index (κ2) is 7.93. The van der Waals surface area contributed by atoms with Gasteiger partial charge in [-0.2, -0.15) is 0 Å². The normalized spacial score (nSPS) is 11.2. The number of nitrogens with zero attached hydrogens (tertiary/aromatic N) is 2. The first-order valence-electron chi connectivity index (χ1n) is 9.99. The summed E-state index contributed by atoms with van der Waals surface area (Å²) in [6.07, 6.45) is 0. The van der Waals surface area contributed by atoms with Crippen LogP contribution in [0.3, 0.4) is 0 Å². The molecule has 0 aliphatic rings. The van der Waals surface area contributed by atoms with Crippen LogP contribution >= 0.6 is 11.3 Å². The van der Waals surface area contributed by atoms with E-state index in [9.17, 15) is 9.18 Å². The first-order chi connectivity index (χ1) is 15.1. The van der Waals surface area contributed by atoms with Crippen LogP contribution in [-0.4, -0.2) is 9.55 Å². The summed E-state index contributed by atoms with van der Waals surface area (Å²) in [7, 11) is 0. The molecule has 3 aromatic carbocycles. The van der Waals surface area contributed by atoms with Crippen LogP contribution in [0, 0.1) is 12.7 Å². The van der Waals surface area contributed by atoms with Gasteiger partial charge < -0.3 is 0 Å². The second-order valence-electron chi connectivity index (χ2n) is 7.45. The molecule has 0 unspecified atom stereocenters. The van der Waals surface area contributed by atoms with Gasteiger partial charge in [0.1, 0.15) is 16.5 Å². The van der Waals surface area contributed by atoms with E-state index in [0.29, 0.717) is 11.2 Å². The lowest BCUT2D eigenvalue weighted by molar-refractivity contribution is 0.621.